The number of methoxy groups -OCH3 is 1. The van der Waals surface area contributed by atoms with E-state index in [0.29, 0.717) is 5.75 Å². The number of hydrogen-bond acceptors (Lipinski definition) is 6. The molecule has 9 nitrogen and oxygen atoms in total. The lowest BCUT2D eigenvalue weighted by Gasteiger charge is -2.36. The summed E-state index contributed by atoms with van der Waals surface area (Å²) in [5.41, 5.74) is 0.0895. The number of hydroxylamine groups is 1. The third kappa shape index (κ3) is 5.20. The van der Waals surface area contributed by atoms with Gasteiger partial charge in [0.1, 0.15) is 11.8 Å². The Balaban J connectivity index is 3.09. The topological polar surface area (TPSA) is 137 Å². The van der Waals surface area contributed by atoms with Gasteiger partial charge in [-0.05, 0) is 23.6 Å². The predicted molar refractivity (Wildman–Crippen MR) is 102 cm³/mol. The number of likely N-dealkylation sites (N-methyl/N-ethyl adjacent to an activating group) is 1. The first-order chi connectivity index (χ1) is 13.1. The molecule has 0 spiro atoms. The average molecular weight is 395 g/mol. The van der Waals surface area contributed by atoms with Crippen LogP contribution in [0.5, 0.6) is 5.75 Å². The number of ether oxygens (including phenoxy) is 1. The van der Waals surface area contributed by atoms with Gasteiger partial charge in [-0.15, -0.1) is 0 Å². The molecule has 3 atom stereocenters. The van der Waals surface area contributed by atoms with Gasteiger partial charge in [0.2, 0.25) is 11.8 Å². The van der Waals surface area contributed by atoms with Crippen LogP contribution in [0.15, 0.2) is 24.3 Å². The van der Waals surface area contributed by atoms with Crippen molar-refractivity contribution in [3.63, 3.8) is 0 Å². The molecule has 0 aliphatic carbocycles. The number of amides is 3. The van der Waals surface area contributed by atoms with Crippen molar-refractivity contribution in [1.82, 2.24) is 16.1 Å². The number of carbonyl (C=O) groups is 3. The van der Waals surface area contributed by atoms with Gasteiger partial charge in [0.25, 0.3) is 5.91 Å². The van der Waals surface area contributed by atoms with Crippen molar-refractivity contribution < 1.29 is 29.4 Å². The van der Waals surface area contributed by atoms with Crippen molar-refractivity contribution in [1.29, 1.82) is 0 Å². The van der Waals surface area contributed by atoms with Crippen LogP contribution in [0.1, 0.15) is 26.3 Å². The maximum atomic E-state index is 12.9. The summed E-state index contributed by atoms with van der Waals surface area (Å²) in [6.07, 6.45) is 0.171. The average Bonchev–Trinajstić information content (AvgIpc) is 2.70. The molecule has 0 saturated carbocycles. The van der Waals surface area contributed by atoms with Gasteiger partial charge in [-0.2, -0.15) is 0 Å². The zero-order chi connectivity index (χ0) is 21.5. The van der Waals surface area contributed by atoms with Crippen LogP contribution in [0.2, 0.25) is 0 Å². The van der Waals surface area contributed by atoms with Crippen molar-refractivity contribution in [3.05, 3.63) is 29.8 Å². The maximum absolute atomic E-state index is 12.9. The second-order valence-electron chi connectivity index (χ2n) is 6.87. The van der Waals surface area contributed by atoms with Crippen molar-refractivity contribution in [2.24, 2.45) is 11.8 Å². The lowest BCUT2D eigenvalue weighted by molar-refractivity contribution is -0.162. The van der Waals surface area contributed by atoms with Gasteiger partial charge in [-0.3, -0.25) is 19.6 Å². The summed E-state index contributed by atoms with van der Waals surface area (Å²) in [6, 6.07) is 6.02. The van der Waals surface area contributed by atoms with Crippen molar-refractivity contribution >= 4 is 17.7 Å². The lowest BCUT2D eigenvalue weighted by Crippen LogP contribution is -2.61. The van der Waals surface area contributed by atoms with Crippen LogP contribution in [-0.4, -0.2) is 53.8 Å². The van der Waals surface area contributed by atoms with E-state index in [9.17, 15) is 19.5 Å². The summed E-state index contributed by atoms with van der Waals surface area (Å²) in [5.74, 6) is -3.48. The largest absolute Gasteiger partial charge is 0.497 e. The first-order valence-electron chi connectivity index (χ1n) is 8.93. The Kier molecular flexibility index (Phi) is 8.39. The molecule has 3 unspecified atom stereocenters. The smallest absolute Gasteiger partial charge is 0.253 e. The molecule has 1 aromatic carbocycles. The van der Waals surface area contributed by atoms with E-state index in [2.05, 4.69) is 10.6 Å². The van der Waals surface area contributed by atoms with Crippen LogP contribution in [0.3, 0.4) is 0 Å². The molecule has 0 aliphatic heterocycles. The van der Waals surface area contributed by atoms with E-state index in [1.54, 1.807) is 45.2 Å². The molecule has 0 radical (unpaired) electrons. The molecule has 0 saturated heterocycles. The number of hydrogen-bond donors (Lipinski definition) is 5. The number of benzene rings is 1. The minimum atomic E-state index is -2.13. The molecule has 1 aromatic rings. The molecular formula is C19H29N3O6. The number of aliphatic hydroxyl groups is 1. The SMILES string of the molecule is CNC(=O)C(Cc1ccc(OC)cc1)NC(=O)C(O)(C(C)C)C(C)C(=O)NO. The molecule has 5 N–H and O–H groups in total. The summed E-state index contributed by atoms with van der Waals surface area (Å²) in [6.45, 7) is 4.46. The summed E-state index contributed by atoms with van der Waals surface area (Å²) in [5, 5.41) is 24.8. The fraction of sp³-hybridized carbons (Fsp3) is 0.526. The lowest BCUT2D eigenvalue weighted by atomic mass is 9.78. The van der Waals surface area contributed by atoms with Crippen LogP contribution >= 0.6 is 0 Å². The monoisotopic (exact) mass is 395 g/mol. The van der Waals surface area contributed by atoms with Crippen molar-refractivity contribution in [2.75, 3.05) is 14.2 Å². The molecule has 1 rings (SSSR count). The zero-order valence-electron chi connectivity index (χ0n) is 16.8. The second-order valence-corrected chi connectivity index (χ2v) is 6.87. The molecule has 9 heteroatoms. The molecule has 0 fully saturated rings. The van der Waals surface area contributed by atoms with Crippen molar-refractivity contribution in [3.8, 4) is 5.75 Å². The first kappa shape index (κ1) is 23.4. The summed E-state index contributed by atoms with van der Waals surface area (Å²) in [7, 11) is 2.98. The Morgan fingerprint density at radius 1 is 1.11 bits per heavy atom. The highest BCUT2D eigenvalue weighted by Gasteiger charge is 2.48. The summed E-state index contributed by atoms with van der Waals surface area (Å²) >= 11 is 0. The van der Waals surface area contributed by atoms with Gasteiger partial charge in [-0.25, -0.2) is 5.48 Å². The van der Waals surface area contributed by atoms with E-state index >= 15 is 0 Å². The molecule has 0 aliphatic rings. The van der Waals surface area contributed by atoms with Crippen molar-refractivity contribution in [2.45, 2.75) is 38.8 Å². The number of rotatable bonds is 9. The fourth-order valence-corrected chi connectivity index (χ4v) is 2.91. The Labute approximate surface area is 164 Å². The quantitative estimate of drug-likeness (QED) is 0.295. The molecule has 0 bridgehead atoms. The van der Waals surface area contributed by atoms with Crippen LogP contribution < -0.4 is 20.9 Å². The van der Waals surface area contributed by atoms with Crippen LogP contribution in [-0.2, 0) is 20.8 Å². The molecular weight excluding hydrogens is 366 g/mol. The normalized spacial score (nSPS) is 15.1. The molecule has 28 heavy (non-hydrogen) atoms. The van der Waals surface area contributed by atoms with E-state index in [4.69, 9.17) is 9.94 Å². The van der Waals surface area contributed by atoms with Crippen LogP contribution in [0.25, 0.3) is 0 Å². The van der Waals surface area contributed by atoms with Crippen LogP contribution in [0.4, 0.5) is 0 Å². The van der Waals surface area contributed by atoms with E-state index in [-0.39, 0.29) is 6.42 Å². The molecule has 3 amide bonds. The molecule has 0 heterocycles. The highest BCUT2D eigenvalue weighted by Crippen LogP contribution is 2.27. The third-order valence-corrected chi connectivity index (χ3v) is 4.87. The number of carbonyl (C=O) groups excluding carboxylic acids is 3. The van der Waals surface area contributed by atoms with Gasteiger partial charge in [0.15, 0.2) is 5.60 Å². The second kappa shape index (κ2) is 10.0. The first-order valence-corrected chi connectivity index (χ1v) is 8.93. The number of nitrogens with one attached hydrogen (secondary N) is 3. The maximum Gasteiger partial charge on any atom is 0.253 e. The summed E-state index contributed by atoms with van der Waals surface area (Å²) in [4.78, 5) is 36.9. The van der Waals surface area contributed by atoms with E-state index in [0.717, 1.165) is 5.56 Å². The highest BCUT2D eigenvalue weighted by atomic mass is 16.5. The Morgan fingerprint density at radius 3 is 2.11 bits per heavy atom. The Morgan fingerprint density at radius 2 is 1.68 bits per heavy atom. The zero-order valence-corrected chi connectivity index (χ0v) is 16.8. The van der Waals surface area contributed by atoms with Gasteiger partial charge in [-0.1, -0.05) is 32.9 Å². The Bertz CT molecular complexity index is 691. The van der Waals surface area contributed by atoms with E-state index < -0.39 is 41.2 Å². The third-order valence-electron chi connectivity index (χ3n) is 4.87. The summed E-state index contributed by atoms with van der Waals surface area (Å²) < 4.78 is 5.10. The predicted octanol–water partition coefficient (Wildman–Crippen LogP) is -0.00290. The van der Waals surface area contributed by atoms with Gasteiger partial charge >= 0.3 is 0 Å². The van der Waals surface area contributed by atoms with Gasteiger partial charge in [0, 0.05) is 13.5 Å². The fourth-order valence-electron chi connectivity index (χ4n) is 2.91. The van der Waals surface area contributed by atoms with E-state index in [1.807, 2.05) is 0 Å². The van der Waals surface area contributed by atoms with Gasteiger partial charge in [0.05, 0.1) is 13.0 Å². The minimum absolute atomic E-state index is 0.171. The minimum Gasteiger partial charge on any atom is -0.497 e. The van der Waals surface area contributed by atoms with E-state index in [1.165, 1.54) is 19.5 Å². The molecule has 156 valence electrons. The van der Waals surface area contributed by atoms with Crippen LogP contribution in [0, 0.1) is 11.8 Å². The van der Waals surface area contributed by atoms with Gasteiger partial charge < -0.3 is 20.5 Å². The standard InChI is InChI=1S/C19H29N3O6/c1-11(2)19(26,12(3)16(23)22-27)18(25)21-15(17(24)20-4)10-13-6-8-14(28-5)9-7-13/h6-9,11-12,15,26-27H,10H2,1-5H3,(H,20,24)(H,21,25)(H,22,23). The molecule has 0 aromatic heterocycles. The Hall–Kier alpha value is -2.65. The highest BCUT2D eigenvalue weighted by molar-refractivity contribution is 5.95.